The van der Waals surface area contributed by atoms with Gasteiger partial charge < -0.3 is 14.6 Å². The second-order valence-electron chi connectivity index (χ2n) is 4.44. The first-order valence-corrected chi connectivity index (χ1v) is 5.59. The molecule has 0 spiro atoms. The Morgan fingerprint density at radius 1 is 1.33 bits per heavy atom. The van der Waals surface area contributed by atoms with Crippen LogP contribution in [0.1, 0.15) is 30.9 Å². The molecule has 1 atom stereocenters. The van der Waals surface area contributed by atoms with Crippen LogP contribution in [0.5, 0.6) is 5.75 Å². The number of aryl methyl sites for hydroxylation is 1. The van der Waals surface area contributed by atoms with E-state index in [0.29, 0.717) is 11.1 Å². The van der Waals surface area contributed by atoms with Crippen molar-refractivity contribution in [2.45, 2.75) is 33.3 Å². The van der Waals surface area contributed by atoms with Gasteiger partial charge in [0, 0.05) is 11.9 Å². The first-order chi connectivity index (χ1) is 8.32. The Hall–Kier alpha value is -1.65. The minimum atomic E-state index is -2.89. The summed E-state index contributed by atoms with van der Waals surface area (Å²) in [5.74, 6) is -2.03. The Labute approximate surface area is 104 Å². The standard InChI is InChI=1S/C13H16F2O3/c1-7(2)11(12(16)17)9-4-5-10(8(3)6-9)18-13(14)15/h4-7,11,13H,1-3H3,(H,16,17)/p-1. The summed E-state index contributed by atoms with van der Waals surface area (Å²) in [4.78, 5) is 11.1. The maximum atomic E-state index is 12.1. The molecule has 0 bridgehead atoms. The lowest BCUT2D eigenvalue weighted by Crippen LogP contribution is -2.32. The maximum absolute atomic E-state index is 12.1. The number of ether oxygens (including phenoxy) is 1. The molecule has 0 aliphatic carbocycles. The fourth-order valence-electron chi connectivity index (χ4n) is 1.89. The van der Waals surface area contributed by atoms with Crippen molar-refractivity contribution in [2.24, 2.45) is 5.92 Å². The van der Waals surface area contributed by atoms with Crippen molar-refractivity contribution in [3.05, 3.63) is 29.3 Å². The van der Waals surface area contributed by atoms with E-state index in [1.807, 2.05) is 0 Å². The number of carboxylic acid groups (broad SMARTS) is 1. The summed E-state index contributed by atoms with van der Waals surface area (Å²) in [6, 6.07) is 4.37. The van der Waals surface area contributed by atoms with Crippen molar-refractivity contribution in [1.82, 2.24) is 0 Å². The van der Waals surface area contributed by atoms with Gasteiger partial charge in [-0.1, -0.05) is 26.0 Å². The molecule has 0 aliphatic heterocycles. The van der Waals surface area contributed by atoms with E-state index in [-0.39, 0.29) is 11.7 Å². The van der Waals surface area contributed by atoms with Crippen molar-refractivity contribution in [3.63, 3.8) is 0 Å². The Morgan fingerprint density at radius 3 is 2.33 bits per heavy atom. The van der Waals surface area contributed by atoms with Gasteiger partial charge in [0.1, 0.15) is 5.75 Å². The van der Waals surface area contributed by atoms with Crippen LogP contribution in [-0.2, 0) is 4.79 Å². The lowest BCUT2D eigenvalue weighted by atomic mass is 9.88. The van der Waals surface area contributed by atoms with E-state index in [2.05, 4.69) is 4.74 Å². The molecule has 0 saturated heterocycles. The van der Waals surface area contributed by atoms with Crippen molar-refractivity contribution >= 4 is 5.97 Å². The van der Waals surface area contributed by atoms with Gasteiger partial charge >= 0.3 is 6.61 Å². The van der Waals surface area contributed by atoms with E-state index in [1.165, 1.54) is 18.2 Å². The molecule has 0 amide bonds. The molecule has 0 heterocycles. The fraction of sp³-hybridized carbons (Fsp3) is 0.462. The number of halogens is 2. The van der Waals surface area contributed by atoms with E-state index in [4.69, 9.17) is 0 Å². The Morgan fingerprint density at radius 2 is 1.94 bits per heavy atom. The first kappa shape index (κ1) is 14.4. The predicted octanol–water partition coefficient (Wildman–Crippen LogP) is 2.09. The number of alkyl halides is 2. The van der Waals surface area contributed by atoms with Crippen LogP contribution in [0.3, 0.4) is 0 Å². The number of hydrogen-bond donors (Lipinski definition) is 0. The largest absolute Gasteiger partial charge is 0.549 e. The molecule has 1 unspecified atom stereocenters. The summed E-state index contributed by atoms with van der Waals surface area (Å²) in [7, 11) is 0. The van der Waals surface area contributed by atoms with E-state index in [0.717, 1.165) is 0 Å². The van der Waals surface area contributed by atoms with Gasteiger partial charge in [-0.05, 0) is 30.0 Å². The van der Waals surface area contributed by atoms with Crippen LogP contribution in [0, 0.1) is 12.8 Å². The molecular formula is C13H15F2O3-. The van der Waals surface area contributed by atoms with E-state index in [9.17, 15) is 18.7 Å². The Kier molecular flexibility index (Phi) is 4.64. The van der Waals surface area contributed by atoms with Crippen molar-refractivity contribution in [3.8, 4) is 5.75 Å². The summed E-state index contributed by atoms with van der Waals surface area (Å²) >= 11 is 0. The molecule has 0 aliphatic rings. The zero-order chi connectivity index (χ0) is 13.9. The topological polar surface area (TPSA) is 49.4 Å². The number of hydrogen-bond acceptors (Lipinski definition) is 3. The number of carbonyl (C=O) groups is 1. The van der Waals surface area contributed by atoms with Crippen LogP contribution in [0.15, 0.2) is 18.2 Å². The lowest BCUT2D eigenvalue weighted by molar-refractivity contribution is -0.309. The smallest absolute Gasteiger partial charge is 0.387 e. The summed E-state index contributed by atoms with van der Waals surface area (Å²) in [6.07, 6.45) is 0. The molecule has 100 valence electrons. The Bertz CT molecular complexity index is 430. The Balaban J connectivity index is 3.05. The van der Waals surface area contributed by atoms with Crippen LogP contribution < -0.4 is 9.84 Å². The molecule has 0 radical (unpaired) electrons. The molecule has 1 rings (SSSR count). The molecule has 1 aromatic rings. The number of benzene rings is 1. The van der Waals surface area contributed by atoms with Crippen LogP contribution in [0.4, 0.5) is 8.78 Å². The normalized spacial score (nSPS) is 12.8. The predicted molar refractivity (Wildman–Crippen MR) is 60.4 cm³/mol. The van der Waals surface area contributed by atoms with Crippen LogP contribution >= 0.6 is 0 Å². The number of carbonyl (C=O) groups excluding carboxylic acids is 1. The third kappa shape index (κ3) is 3.42. The summed E-state index contributed by atoms with van der Waals surface area (Å²) in [6.45, 7) is 2.23. The zero-order valence-corrected chi connectivity index (χ0v) is 10.4. The van der Waals surface area contributed by atoms with Gasteiger partial charge in [-0.3, -0.25) is 0 Å². The molecular weight excluding hydrogens is 242 g/mol. The van der Waals surface area contributed by atoms with Gasteiger partial charge in [-0.2, -0.15) is 8.78 Å². The van der Waals surface area contributed by atoms with Crippen molar-refractivity contribution in [1.29, 1.82) is 0 Å². The highest BCUT2D eigenvalue weighted by atomic mass is 19.3. The summed E-state index contributed by atoms with van der Waals surface area (Å²) < 4.78 is 28.5. The average molecular weight is 257 g/mol. The highest BCUT2D eigenvalue weighted by molar-refractivity contribution is 5.74. The quantitative estimate of drug-likeness (QED) is 0.811. The van der Waals surface area contributed by atoms with Gasteiger partial charge in [-0.25, -0.2) is 0 Å². The maximum Gasteiger partial charge on any atom is 0.387 e. The SMILES string of the molecule is Cc1cc(C(C(=O)[O-])C(C)C)ccc1OC(F)F. The molecule has 18 heavy (non-hydrogen) atoms. The highest BCUT2D eigenvalue weighted by Gasteiger charge is 2.18. The first-order valence-electron chi connectivity index (χ1n) is 5.59. The van der Waals surface area contributed by atoms with Crippen LogP contribution in [0.25, 0.3) is 0 Å². The molecule has 0 fully saturated rings. The molecule has 0 N–H and O–H groups in total. The molecule has 3 nitrogen and oxygen atoms in total. The van der Waals surface area contributed by atoms with E-state index in [1.54, 1.807) is 20.8 Å². The second-order valence-corrected chi connectivity index (χ2v) is 4.44. The molecule has 1 aromatic carbocycles. The van der Waals surface area contributed by atoms with Gasteiger partial charge in [0.05, 0.1) is 0 Å². The van der Waals surface area contributed by atoms with Gasteiger partial charge in [0.15, 0.2) is 0 Å². The van der Waals surface area contributed by atoms with Crippen molar-refractivity contribution < 1.29 is 23.4 Å². The van der Waals surface area contributed by atoms with Gasteiger partial charge in [0.2, 0.25) is 0 Å². The number of aliphatic carboxylic acids is 1. The fourth-order valence-corrected chi connectivity index (χ4v) is 1.89. The van der Waals surface area contributed by atoms with E-state index >= 15 is 0 Å². The summed E-state index contributed by atoms with van der Waals surface area (Å²) in [5, 5.41) is 11.1. The zero-order valence-electron chi connectivity index (χ0n) is 10.4. The third-order valence-corrected chi connectivity index (χ3v) is 2.69. The third-order valence-electron chi connectivity index (χ3n) is 2.69. The lowest BCUT2D eigenvalue weighted by Gasteiger charge is -2.23. The minimum Gasteiger partial charge on any atom is -0.549 e. The van der Waals surface area contributed by atoms with Gasteiger partial charge in [-0.15, -0.1) is 0 Å². The molecule has 0 saturated carbocycles. The molecule has 0 aromatic heterocycles. The van der Waals surface area contributed by atoms with Gasteiger partial charge in [0.25, 0.3) is 0 Å². The number of carboxylic acids is 1. The van der Waals surface area contributed by atoms with E-state index < -0.39 is 18.5 Å². The monoisotopic (exact) mass is 257 g/mol. The highest BCUT2D eigenvalue weighted by Crippen LogP contribution is 2.29. The van der Waals surface area contributed by atoms with Crippen LogP contribution in [0.2, 0.25) is 0 Å². The van der Waals surface area contributed by atoms with Crippen LogP contribution in [-0.4, -0.2) is 12.6 Å². The minimum absolute atomic E-state index is 0.0506. The molecule has 5 heteroatoms. The number of rotatable bonds is 5. The van der Waals surface area contributed by atoms with Crippen molar-refractivity contribution in [2.75, 3.05) is 0 Å². The average Bonchev–Trinajstić information content (AvgIpc) is 2.20. The second kappa shape index (κ2) is 5.80. The summed E-state index contributed by atoms with van der Waals surface area (Å²) in [5.41, 5.74) is 1.00.